The summed E-state index contributed by atoms with van der Waals surface area (Å²) < 4.78 is 2.07. The van der Waals surface area contributed by atoms with Gasteiger partial charge in [0.25, 0.3) is 0 Å². The molecule has 6 heteroatoms. The third-order valence-electron chi connectivity index (χ3n) is 3.47. The highest BCUT2D eigenvalue weighted by atomic mass is 32.2. The van der Waals surface area contributed by atoms with Crippen LogP contribution in [0.3, 0.4) is 0 Å². The van der Waals surface area contributed by atoms with Gasteiger partial charge in [0.05, 0.1) is 5.75 Å². The molecule has 0 amide bonds. The smallest absolute Gasteiger partial charge is 0.313 e. The molecule has 1 saturated carbocycles. The Morgan fingerprint density at radius 1 is 1.50 bits per heavy atom. The summed E-state index contributed by atoms with van der Waals surface area (Å²) in [6, 6.07) is 0. The number of carboxylic acids is 1. The highest BCUT2D eigenvalue weighted by molar-refractivity contribution is 7.99. The number of rotatable bonds is 5. The van der Waals surface area contributed by atoms with Gasteiger partial charge in [-0.25, -0.2) is 0 Å². The second-order valence-electron chi connectivity index (χ2n) is 5.11. The number of carboxylic acid groups (broad SMARTS) is 1. The van der Waals surface area contributed by atoms with E-state index in [1.54, 1.807) is 0 Å². The van der Waals surface area contributed by atoms with Crippen LogP contribution >= 0.6 is 11.8 Å². The largest absolute Gasteiger partial charge is 0.481 e. The van der Waals surface area contributed by atoms with Crippen LogP contribution in [0.15, 0.2) is 5.16 Å². The Hall–Kier alpha value is -1.04. The molecule has 1 aliphatic rings. The van der Waals surface area contributed by atoms with Gasteiger partial charge in [-0.3, -0.25) is 4.79 Å². The summed E-state index contributed by atoms with van der Waals surface area (Å²) in [7, 11) is 0. The number of hydrogen-bond acceptors (Lipinski definition) is 4. The van der Waals surface area contributed by atoms with Gasteiger partial charge in [-0.05, 0) is 31.6 Å². The molecule has 2 atom stereocenters. The summed E-state index contributed by atoms with van der Waals surface area (Å²) in [5.41, 5.74) is 0. The van der Waals surface area contributed by atoms with Gasteiger partial charge in [-0.1, -0.05) is 25.1 Å². The Morgan fingerprint density at radius 2 is 2.28 bits per heavy atom. The number of aliphatic carboxylic acids is 1. The zero-order valence-corrected chi connectivity index (χ0v) is 11.6. The number of thioether (sulfide) groups is 1. The number of hydrogen-bond donors (Lipinski definition) is 1. The van der Waals surface area contributed by atoms with Gasteiger partial charge in [0, 0.05) is 6.54 Å². The molecular formula is C12H19N3O2S. The first-order valence-corrected chi connectivity index (χ1v) is 7.29. The zero-order valence-electron chi connectivity index (χ0n) is 10.8. The van der Waals surface area contributed by atoms with Crippen LogP contribution in [-0.2, 0) is 11.3 Å². The maximum absolute atomic E-state index is 10.6. The van der Waals surface area contributed by atoms with E-state index in [4.69, 9.17) is 5.11 Å². The Kier molecular flexibility index (Phi) is 4.27. The predicted molar refractivity (Wildman–Crippen MR) is 69.6 cm³/mol. The Labute approximate surface area is 111 Å². The first kappa shape index (κ1) is 13.4. The molecule has 0 bridgehead atoms. The summed E-state index contributed by atoms with van der Waals surface area (Å²) in [6.45, 7) is 5.14. The molecule has 1 aromatic rings. The number of aromatic nitrogens is 3. The Bertz CT molecular complexity index is 433. The first-order valence-electron chi connectivity index (χ1n) is 6.30. The van der Waals surface area contributed by atoms with E-state index in [0.717, 1.165) is 23.4 Å². The molecule has 2 unspecified atom stereocenters. The lowest BCUT2D eigenvalue weighted by molar-refractivity contribution is -0.133. The fourth-order valence-electron chi connectivity index (χ4n) is 2.55. The standard InChI is InChI=1S/C12H19N3O2S/c1-8-3-4-10(5-8)6-15-9(2)13-14-12(15)18-7-11(16)17/h8,10H,3-7H2,1-2H3,(H,16,17). The summed E-state index contributed by atoms with van der Waals surface area (Å²) in [4.78, 5) is 10.6. The predicted octanol–water partition coefficient (Wildman–Crippen LogP) is 2.20. The van der Waals surface area contributed by atoms with Crippen molar-refractivity contribution in [2.24, 2.45) is 11.8 Å². The minimum Gasteiger partial charge on any atom is -0.481 e. The lowest BCUT2D eigenvalue weighted by atomic mass is 10.1. The molecule has 0 spiro atoms. The van der Waals surface area contributed by atoms with Crippen molar-refractivity contribution in [3.63, 3.8) is 0 Å². The summed E-state index contributed by atoms with van der Waals surface area (Å²) in [5.74, 6) is 1.59. The fraction of sp³-hybridized carbons (Fsp3) is 0.750. The molecule has 5 nitrogen and oxygen atoms in total. The molecule has 1 heterocycles. The monoisotopic (exact) mass is 269 g/mol. The van der Waals surface area contributed by atoms with Crippen LogP contribution in [0.5, 0.6) is 0 Å². The van der Waals surface area contributed by atoms with E-state index in [1.807, 2.05) is 6.92 Å². The van der Waals surface area contributed by atoms with E-state index >= 15 is 0 Å². The highest BCUT2D eigenvalue weighted by Gasteiger charge is 2.23. The quantitative estimate of drug-likeness (QED) is 0.830. The van der Waals surface area contributed by atoms with Crippen LogP contribution in [0.1, 0.15) is 32.0 Å². The van der Waals surface area contributed by atoms with Gasteiger partial charge in [0.2, 0.25) is 0 Å². The average molecular weight is 269 g/mol. The second kappa shape index (κ2) is 5.73. The minimum absolute atomic E-state index is 0.0409. The summed E-state index contributed by atoms with van der Waals surface area (Å²) in [6.07, 6.45) is 3.80. The third-order valence-corrected chi connectivity index (χ3v) is 4.42. The fourth-order valence-corrected chi connectivity index (χ4v) is 3.27. The van der Waals surface area contributed by atoms with Crippen molar-refractivity contribution >= 4 is 17.7 Å². The molecule has 1 aliphatic carbocycles. The van der Waals surface area contributed by atoms with Crippen molar-refractivity contribution in [1.29, 1.82) is 0 Å². The Morgan fingerprint density at radius 3 is 2.89 bits per heavy atom. The van der Waals surface area contributed by atoms with Crippen molar-refractivity contribution in [2.45, 2.75) is 44.8 Å². The van der Waals surface area contributed by atoms with Crippen LogP contribution in [0.4, 0.5) is 0 Å². The van der Waals surface area contributed by atoms with Crippen LogP contribution in [-0.4, -0.2) is 31.6 Å². The molecule has 0 radical (unpaired) electrons. The lowest BCUT2D eigenvalue weighted by Crippen LogP contribution is -2.11. The van der Waals surface area contributed by atoms with Gasteiger partial charge in [0.1, 0.15) is 5.82 Å². The van der Waals surface area contributed by atoms with Gasteiger partial charge in [-0.2, -0.15) is 0 Å². The molecular weight excluding hydrogens is 250 g/mol. The number of aryl methyl sites for hydroxylation is 1. The number of nitrogens with zero attached hydrogens (tertiary/aromatic N) is 3. The van der Waals surface area contributed by atoms with Crippen molar-refractivity contribution < 1.29 is 9.90 Å². The summed E-state index contributed by atoms with van der Waals surface area (Å²) >= 11 is 1.25. The van der Waals surface area contributed by atoms with E-state index in [1.165, 1.54) is 31.0 Å². The van der Waals surface area contributed by atoms with Gasteiger partial charge < -0.3 is 9.67 Å². The molecule has 100 valence electrons. The minimum atomic E-state index is -0.818. The van der Waals surface area contributed by atoms with Crippen LogP contribution in [0.25, 0.3) is 0 Å². The van der Waals surface area contributed by atoms with Crippen LogP contribution in [0.2, 0.25) is 0 Å². The molecule has 1 aromatic heterocycles. The van der Waals surface area contributed by atoms with E-state index in [2.05, 4.69) is 21.7 Å². The normalized spacial score (nSPS) is 23.4. The van der Waals surface area contributed by atoms with Gasteiger partial charge >= 0.3 is 5.97 Å². The molecule has 18 heavy (non-hydrogen) atoms. The van der Waals surface area contributed by atoms with E-state index in [0.29, 0.717) is 5.92 Å². The highest BCUT2D eigenvalue weighted by Crippen LogP contribution is 2.32. The SMILES string of the molecule is Cc1nnc(SCC(=O)O)n1CC1CCC(C)C1. The van der Waals surface area contributed by atoms with Crippen molar-refractivity contribution in [3.05, 3.63) is 5.82 Å². The summed E-state index contributed by atoms with van der Waals surface area (Å²) in [5, 5.41) is 17.6. The molecule has 1 N–H and O–H groups in total. The van der Waals surface area contributed by atoms with Crippen LogP contribution in [0, 0.1) is 18.8 Å². The molecule has 1 fully saturated rings. The average Bonchev–Trinajstić information content (AvgIpc) is 2.85. The maximum Gasteiger partial charge on any atom is 0.313 e. The topological polar surface area (TPSA) is 68.0 Å². The first-order chi connectivity index (χ1) is 8.56. The lowest BCUT2D eigenvalue weighted by Gasteiger charge is -2.13. The van der Waals surface area contributed by atoms with Gasteiger partial charge in [0.15, 0.2) is 5.16 Å². The number of carbonyl (C=O) groups is 1. The molecule has 0 aliphatic heterocycles. The van der Waals surface area contributed by atoms with Crippen molar-refractivity contribution in [2.75, 3.05) is 5.75 Å². The molecule has 0 aromatic carbocycles. The van der Waals surface area contributed by atoms with E-state index in [9.17, 15) is 4.79 Å². The Balaban J connectivity index is 2.02. The van der Waals surface area contributed by atoms with Crippen LogP contribution < -0.4 is 0 Å². The maximum atomic E-state index is 10.6. The third kappa shape index (κ3) is 3.25. The second-order valence-corrected chi connectivity index (χ2v) is 6.05. The van der Waals surface area contributed by atoms with Gasteiger partial charge in [-0.15, -0.1) is 10.2 Å². The van der Waals surface area contributed by atoms with Crippen molar-refractivity contribution in [3.8, 4) is 0 Å². The molecule has 0 saturated heterocycles. The van der Waals surface area contributed by atoms with E-state index < -0.39 is 5.97 Å². The van der Waals surface area contributed by atoms with Crippen molar-refractivity contribution in [1.82, 2.24) is 14.8 Å². The zero-order chi connectivity index (χ0) is 13.1. The molecule has 2 rings (SSSR count). The van der Waals surface area contributed by atoms with E-state index in [-0.39, 0.29) is 5.75 Å².